The maximum atomic E-state index is 14.6. The molecule has 0 bridgehead atoms. The number of aromatic nitrogens is 4. The van der Waals surface area contributed by atoms with Crippen molar-refractivity contribution in [3.8, 4) is 11.3 Å². The second-order valence-corrected chi connectivity index (χ2v) is 8.95. The lowest BCUT2D eigenvalue weighted by Gasteiger charge is -2.29. The zero-order valence-corrected chi connectivity index (χ0v) is 17.9. The van der Waals surface area contributed by atoms with Crippen LogP contribution >= 0.6 is 11.3 Å². The van der Waals surface area contributed by atoms with Crippen molar-refractivity contribution in [1.82, 2.24) is 19.9 Å². The standard InChI is InChI=1S/C23H20F2N4OS/c1-12-9-14(5-7-26-12)19-10-15(6-8-30-19)22-28-20(17-4-3-16(24)11-18(17)25)21-23(29-22)27-13(2)31-21/h3-5,7,9,11,15,19H,6,8,10H2,1-2H3. The van der Waals surface area contributed by atoms with Crippen LogP contribution in [0.4, 0.5) is 8.78 Å². The molecule has 0 radical (unpaired) electrons. The third-order valence-electron chi connectivity index (χ3n) is 5.51. The molecule has 1 saturated heterocycles. The summed E-state index contributed by atoms with van der Waals surface area (Å²) in [6, 6.07) is 7.55. The van der Waals surface area contributed by atoms with Gasteiger partial charge in [0.2, 0.25) is 0 Å². The van der Waals surface area contributed by atoms with E-state index in [9.17, 15) is 8.78 Å². The van der Waals surface area contributed by atoms with Gasteiger partial charge in [-0.25, -0.2) is 23.7 Å². The highest BCUT2D eigenvalue weighted by Crippen LogP contribution is 2.39. The molecule has 1 aromatic carbocycles. The predicted molar refractivity (Wildman–Crippen MR) is 115 cm³/mol. The molecule has 1 fully saturated rings. The molecule has 8 heteroatoms. The van der Waals surface area contributed by atoms with E-state index >= 15 is 0 Å². The first kappa shape index (κ1) is 20.1. The van der Waals surface area contributed by atoms with Crippen molar-refractivity contribution in [2.75, 3.05) is 6.61 Å². The molecule has 3 aromatic heterocycles. The fraction of sp³-hybridized carbons (Fsp3) is 0.304. The first-order chi connectivity index (χ1) is 15.0. The van der Waals surface area contributed by atoms with Gasteiger partial charge in [0.05, 0.1) is 16.8 Å². The summed E-state index contributed by atoms with van der Waals surface area (Å²) in [6.45, 7) is 4.41. The van der Waals surface area contributed by atoms with Crippen LogP contribution in [0.15, 0.2) is 36.5 Å². The zero-order chi connectivity index (χ0) is 21.5. The molecule has 1 aliphatic heterocycles. The lowest BCUT2D eigenvalue weighted by Crippen LogP contribution is -2.20. The van der Waals surface area contributed by atoms with Gasteiger partial charge < -0.3 is 4.74 Å². The zero-order valence-electron chi connectivity index (χ0n) is 17.1. The summed E-state index contributed by atoms with van der Waals surface area (Å²) < 4.78 is 34.8. The Morgan fingerprint density at radius 3 is 2.74 bits per heavy atom. The van der Waals surface area contributed by atoms with Crippen molar-refractivity contribution >= 4 is 21.7 Å². The summed E-state index contributed by atoms with van der Waals surface area (Å²) in [7, 11) is 0. The number of rotatable bonds is 3. The molecule has 31 heavy (non-hydrogen) atoms. The molecule has 0 aliphatic carbocycles. The van der Waals surface area contributed by atoms with E-state index in [4.69, 9.17) is 14.7 Å². The number of fused-ring (bicyclic) bond motifs is 1. The molecule has 0 amide bonds. The fourth-order valence-corrected chi connectivity index (χ4v) is 4.89. The van der Waals surface area contributed by atoms with E-state index in [0.29, 0.717) is 34.9 Å². The van der Waals surface area contributed by atoms with E-state index in [-0.39, 0.29) is 17.6 Å². The molecule has 5 rings (SSSR count). The summed E-state index contributed by atoms with van der Waals surface area (Å²) in [5.74, 6) is -0.599. The number of ether oxygens (including phenoxy) is 1. The highest BCUT2D eigenvalue weighted by molar-refractivity contribution is 7.19. The lowest BCUT2D eigenvalue weighted by atomic mass is 9.91. The molecule has 1 aliphatic rings. The fourth-order valence-electron chi connectivity index (χ4n) is 4.02. The van der Waals surface area contributed by atoms with E-state index in [1.807, 2.05) is 26.0 Å². The van der Waals surface area contributed by atoms with Gasteiger partial charge in [0.15, 0.2) is 5.65 Å². The van der Waals surface area contributed by atoms with Gasteiger partial charge in [0.1, 0.15) is 22.2 Å². The van der Waals surface area contributed by atoms with Crippen molar-refractivity contribution in [2.45, 2.75) is 38.7 Å². The summed E-state index contributed by atoms with van der Waals surface area (Å²) in [5.41, 5.74) is 3.28. The Morgan fingerprint density at radius 1 is 1.06 bits per heavy atom. The third-order valence-corrected chi connectivity index (χ3v) is 6.47. The van der Waals surface area contributed by atoms with E-state index < -0.39 is 11.6 Å². The van der Waals surface area contributed by atoms with Crippen LogP contribution in [-0.2, 0) is 4.74 Å². The van der Waals surface area contributed by atoms with Crippen LogP contribution in [0.5, 0.6) is 0 Å². The Morgan fingerprint density at radius 2 is 1.94 bits per heavy atom. The predicted octanol–water partition coefficient (Wildman–Crippen LogP) is 5.68. The number of halogens is 2. The Labute approximate surface area is 182 Å². The largest absolute Gasteiger partial charge is 0.373 e. The molecule has 4 heterocycles. The second-order valence-electron chi connectivity index (χ2n) is 7.75. The average Bonchev–Trinajstić information content (AvgIpc) is 3.13. The number of pyridine rings is 1. The molecular formula is C23H20F2N4OS. The van der Waals surface area contributed by atoms with Gasteiger partial charge in [-0.3, -0.25) is 4.98 Å². The van der Waals surface area contributed by atoms with Crippen LogP contribution in [0.1, 0.15) is 47.0 Å². The Balaban J connectivity index is 1.57. The van der Waals surface area contributed by atoms with Gasteiger partial charge in [-0.05, 0) is 56.5 Å². The van der Waals surface area contributed by atoms with E-state index in [1.54, 1.807) is 6.20 Å². The number of hydrogen-bond donors (Lipinski definition) is 0. The number of benzene rings is 1. The Kier molecular flexibility index (Phi) is 5.19. The molecule has 0 saturated carbocycles. The number of aryl methyl sites for hydroxylation is 2. The van der Waals surface area contributed by atoms with E-state index in [2.05, 4.69) is 9.97 Å². The topological polar surface area (TPSA) is 60.8 Å². The molecule has 0 spiro atoms. The smallest absolute Gasteiger partial charge is 0.174 e. The van der Waals surface area contributed by atoms with Gasteiger partial charge in [-0.15, -0.1) is 11.3 Å². The molecule has 5 nitrogen and oxygen atoms in total. The maximum Gasteiger partial charge on any atom is 0.174 e. The third kappa shape index (κ3) is 3.93. The maximum absolute atomic E-state index is 14.6. The summed E-state index contributed by atoms with van der Waals surface area (Å²) in [5, 5.41) is 0.822. The summed E-state index contributed by atoms with van der Waals surface area (Å²) in [4.78, 5) is 18.3. The number of hydrogen-bond acceptors (Lipinski definition) is 6. The van der Waals surface area contributed by atoms with E-state index in [0.717, 1.165) is 28.8 Å². The molecule has 4 aromatic rings. The van der Waals surface area contributed by atoms with Crippen LogP contribution in [0.25, 0.3) is 21.6 Å². The van der Waals surface area contributed by atoms with Gasteiger partial charge in [0.25, 0.3) is 0 Å². The lowest BCUT2D eigenvalue weighted by molar-refractivity contribution is 0.00394. The van der Waals surface area contributed by atoms with Crippen LogP contribution in [-0.4, -0.2) is 26.5 Å². The van der Waals surface area contributed by atoms with Crippen molar-refractivity contribution in [3.05, 3.63) is 70.3 Å². The molecule has 158 valence electrons. The normalized spacial score (nSPS) is 19.1. The highest BCUT2D eigenvalue weighted by Gasteiger charge is 2.29. The van der Waals surface area contributed by atoms with Gasteiger partial charge in [0, 0.05) is 36.0 Å². The van der Waals surface area contributed by atoms with Crippen molar-refractivity contribution in [3.63, 3.8) is 0 Å². The second kappa shape index (κ2) is 8.01. The minimum Gasteiger partial charge on any atom is -0.373 e. The minimum absolute atomic E-state index is 0.0425. The molecule has 2 atom stereocenters. The number of nitrogens with zero attached hydrogens (tertiary/aromatic N) is 4. The van der Waals surface area contributed by atoms with Crippen molar-refractivity contribution in [2.24, 2.45) is 0 Å². The first-order valence-corrected chi connectivity index (χ1v) is 10.9. The van der Waals surface area contributed by atoms with Crippen molar-refractivity contribution < 1.29 is 13.5 Å². The Hall–Kier alpha value is -2.84. The molecule has 0 N–H and O–H groups in total. The highest BCUT2D eigenvalue weighted by atomic mass is 32.1. The van der Waals surface area contributed by atoms with Gasteiger partial charge in [-0.2, -0.15) is 0 Å². The van der Waals surface area contributed by atoms with Gasteiger partial charge in [-0.1, -0.05) is 0 Å². The average molecular weight is 439 g/mol. The molecular weight excluding hydrogens is 418 g/mol. The Bertz CT molecular complexity index is 1280. The van der Waals surface area contributed by atoms with Crippen LogP contribution in [0.2, 0.25) is 0 Å². The SMILES string of the molecule is Cc1cc(C2CC(c3nc(-c4ccc(F)cc4F)c4sc(C)nc4n3)CCO2)ccn1. The number of thiazole rings is 1. The van der Waals surface area contributed by atoms with Crippen molar-refractivity contribution in [1.29, 1.82) is 0 Å². The van der Waals surface area contributed by atoms with E-state index in [1.165, 1.54) is 23.5 Å². The first-order valence-electron chi connectivity index (χ1n) is 10.1. The molecule has 2 unspecified atom stereocenters. The van der Waals surface area contributed by atoms with Crippen LogP contribution in [0.3, 0.4) is 0 Å². The summed E-state index contributed by atoms with van der Waals surface area (Å²) >= 11 is 1.41. The van der Waals surface area contributed by atoms with Gasteiger partial charge >= 0.3 is 0 Å². The van der Waals surface area contributed by atoms with Crippen LogP contribution < -0.4 is 0 Å². The quantitative estimate of drug-likeness (QED) is 0.412. The monoisotopic (exact) mass is 438 g/mol. The summed E-state index contributed by atoms with van der Waals surface area (Å²) in [6.07, 6.45) is 3.18. The van der Waals surface area contributed by atoms with Crippen LogP contribution in [0, 0.1) is 25.5 Å². The minimum atomic E-state index is -0.644.